The molecule has 1 nitrogen and oxygen atoms in total. The molecule has 0 unspecified atom stereocenters. The Hall–Kier alpha value is -0.290. The van der Waals surface area contributed by atoms with Gasteiger partial charge in [0, 0.05) is 4.90 Å². The summed E-state index contributed by atoms with van der Waals surface area (Å²) in [6.07, 6.45) is 0. The summed E-state index contributed by atoms with van der Waals surface area (Å²) in [6.45, 7) is 0. The third kappa shape index (κ3) is 6.83. The molecule has 5 heteroatoms. The van der Waals surface area contributed by atoms with E-state index in [1.165, 1.54) is 0 Å². The van der Waals surface area contributed by atoms with E-state index >= 15 is 0 Å². The van der Waals surface area contributed by atoms with Crippen LogP contribution < -0.4 is 4.74 Å². The largest absolute Gasteiger partial charge is 0.496 e. The van der Waals surface area contributed by atoms with Gasteiger partial charge in [-0.25, -0.2) is 0 Å². The van der Waals surface area contributed by atoms with Gasteiger partial charge in [0.15, 0.2) is 0 Å². The first-order valence-corrected chi connectivity index (χ1v) is 4.68. The van der Waals surface area contributed by atoms with Crippen LogP contribution in [0.2, 0.25) is 0 Å². The molecule has 0 atom stereocenters. The first-order valence-electron chi connectivity index (χ1n) is 3.32. The maximum Gasteiger partial charge on any atom is 0.292 e. The van der Waals surface area contributed by atoms with Gasteiger partial charge >= 0.3 is 0 Å². The molecule has 0 amide bonds. The Morgan fingerprint density at radius 3 is 2.15 bits per heavy atom. The number of para-hydroxylation sites is 1. The Labute approximate surface area is 89.6 Å². The zero-order valence-electron chi connectivity index (χ0n) is 6.88. The third-order valence-corrected chi connectivity index (χ3v) is 1.45. The lowest BCUT2D eigenvalue weighted by molar-refractivity contribution is 0.260. The van der Waals surface area contributed by atoms with Crippen molar-refractivity contribution in [2.75, 3.05) is 7.11 Å². The fourth-order valence-corrected chi connectivity index (χ4v) is 0.882. The Morgan fingerprint density at radius 1 is 1.38 bits per heavy atom. The molecular weight excluding hydrogens is 262 g/mol. The highest BCUT2D eigenvalue weighted by atomic mass is 79.9. The zero-order valence-corrected chi connectivity index (χ0v) is 9.36. The maximum atomic E-state index is 10.2. The number of halogens is 3. The minimum atomic E-state index is -2.35. The molecule has 0 saturated heterocycles. The van der Waals surface area contributed by atoms with Crippen molar-refractivity contribution >= 4 is 28.6 Å². The summed E-state index contributed by atoms with van der Waals surface area (Å²) in [6, 6.07) is 7.60. The molecule has 1 aromatic rings. The monoisotopic (exact) mass is 270 g/mol. The van der Waals surface area contributed by atoms with E-state index in [4.69, 9.17) is 4.74 Å². The van der Waals surface area contributed by atoms with Crippen molar-refractivity contribution < 1.29 is 13.5 Å². The van der Waals surface area contributed by atoms with Crippen molar-refractivity contribution in [1.82, 2.24) is 0 Å². The number of alkyl halides is 3. The Morgan fingerprint density at radius 2 is 1.85 bits per heavy atom. The van der Waals surface area contributed by atoms with Crippen LogP contribution in [-0.2, 0) is 0 Å². The number of methoxy groups -OCH3 is 1. The van der Waals surface area contributed by atoms with Crippen molar-refractivity contribution in [2.45, 2.75) is 10.2 Å². The second kappa shape index (κ2) is 7.15. The van der Waals surface area contributed by atoms with Crippen molar-refractivity contribution in [1.29, 1.82) is 0 Å². The number of ether oxygens (including phenoxy) is 1. The van der Waals surface area contributed by atoms with Crippen LogP contribution in [0, 0.1) is 0 Å². The number of rotatable bonds is 1. The van der Waals surface area contributed by atoms with Gasteiger partial charge < -0.3 is 4.74 Å². The van der Waals surface area contributed by atoms with E-state index in [2.05, 4.69) is 12.6 Å². The number of hydrogen-bond donors (Lipinski definition) is 1. The van der Waals surface area contributed by atoms with Gasteiger partial charge in [0.25, 0.3) is 5.33 Å². The highest BCUT2D eigenvalue weighted by molar-refractivity contribution is 9.09. The summed E-state index contributed by atoms with van der Waals surface area (Å²) >= 11 is 6.09. The standard InChI is InChI=1S/C7H8OS.CHBrF2/c1-8-6-4-2-3-5-7(6)9;2-1(3)4/h2-5,9H,1H3;1H. The molecule has 1 aromatic carbocycles. The van der Waals surface area contributed by atoms with Crippen LogP contribution in [0.3, 0.4) is 0 Å². The first kappa shape index (κ1) is 12.7. The fraction of sp³-hybridized carbons (Fsp3) is 0.250. The molecule has 0 spiro atoms. The summed E-state index contributed by atoms with van der Waals surface area (Å²) in [7, 11) is 1.63. The highest BCUT2D eigenvalue weighted by Gasteiger charge is 1.91. The van der Waals surface area contributed by atoms with Gasteiger partial charge in [-0.05, 0) is 28.1 Å². The second-order valence-corrected chi connectivity index (χ2v) is 3.09. The lowest BCUT2D eigenvalue weighted by atomic mass is 10.3. The van der Waals surface area contributed by atoms with Crippen LogP contribution in [0.4, 0.5) is 8.78 Å². The first-order chi connectivity index (χ1) is 6.07. The summed E-state index contributed by atoms with van der Waals surface area (Å²) < 4.78 is 25.5. The SMILES string of the molecule is COc1ccccc1S.FC(F)Br. The minimum absolute atomic E-state index is 0.820. The molecule has 0 aliphatic carbocycles. The topological polar surface area (TPSA) is 9.23 Å². The summed E-state index contributed by atoms with van der Waals surface area (Å²) in [4.78, 5) is 0.875. The van der Waals surface area contributed by atoms with E-state index in [0.29, 0.717) is 0 Å². The number of hydrogen-bond acceptors (Lipinski definition) is 2. The molecule has 74 valence electrons. The van der Waals surface area contributed by atoms with E-state index in [1.807, 2.05) is 40.2 Å². The molecule has 1 rings (SSSR count). The smallest absolute Gasteiger partial charge is 0.292 e. The van der Waals surface area contributed by atoms with Crippen LogP contribution >= 0.6 is 28.6 Å². The van der Waals surface area contributed by atoms with Crippen LogP contribution in [0.25, 0.3) is 0 Å². The van der Waals surface area contributed by atoms with E-state index in [0.717, 1.165) is 10.6 Å². The molecule has 0 fully saturated rings. The fourth-order valence-electron chi connectivity index (χ4n) is 0.630. The average Bonchev–Trinajstić information content (AvgIpc) is 2.04. The quantitative estimate of drug-likeness (QED) is 0.606. The van der Waals surface area contributed by atoms with Crippen molar-refractivity contribution in [3.05, 3.63) is 24.3 Å². The van der Waals surface area contributed by atoms with Crippen molar-refractivity contribution in [3.8, 4) is 5.75 Å². The lowest BCUT2D eigenvalue weighted by Gasteiger charge is -1.99. The maximum absolute atomic E-state index is 10.2. The predicted octanol–water partition coefficient (Wildman–Crippen LogP) is 3.59. The summed E-state index contributed by atoms with van der Waals surface area (Å²) in [5, 5.41) is -2.35. The van der Waals surface area contributed by atoms with E-state index in [1.54, 1.807) is 7.11 Å². The van der Waals surface area contributed by atoms with Gasteiger partial charge in [0.1, 0.15) is 5.75 Å². The normalized spacial score (nSPS) is 9.08. The third-order valence-electron chi connectivity index (χ3n) is 1.09. The van der Waals surface area contributed by atoms with Gasteiger partial charge in [-0.2, -0.15) is 8.78 Å². The van der Waals surface area contributed by atoms with Gasteiger partial charge in [0.2, 0.25) is 0 Å². The van der Waals surface area contributed by atoms with Crippen LogP contribution in [0.5, 0.6) is 5.75 Å². The number of thiol groups is 1. The Kier molecular flexibility index (Phi) is 6.99. The molecule has 0 radical (unpaired) electrons. The van der Waals surface area contributed by atoms with Crippen molar-refractivity contribution in [3.63, 3.8) is 0 Å². The minimum Gasteiger partial charge on any atom is -0.496 e. The molecule has 0 N–H and O–H groups in total. The van der Waals surface area contributed by atoms with Crippen LogP contribution in [0.15, 0.2) is 29.2 Å². The van der Waals surface area contributed by atoms with Gasteiger partial charge in [-0.15, -0.1) is 12.6 Å². The zero-order chi connectivity index (χ0) is 10.3. The van der Waals surface area contributed by atoms with Crippen LogP contribution in [-0.4, -0.2) is 12.4 Å². The molecule has 0 heterocycles. The molecule has 0 aliphatic rings. The van der Waals surface area contributed by atoms with Gasteiger partial charge in [0.05, 0.1) is 7.11 Å². The molecule has 13 heavy (non-hydrogen) atoms. The number of benzene rings is 1. The van der Waals surface area contributed by atoms with Gasteiger partial charge in [-0.3, -0.25) is 0 Å². The molecule has 0 aliphatic heterocycles. The van der Waals surface area contributed by atoms with Crippen molar-refractivity contribution in [2.24, 2.45) is 0 Å². The van der Waals surface area contributed by atoms with E-state index in [-0.39, 0.29) is 0 Å². The highest BCUT2D eigenvalue weighted by Crippen LogP contribution is 2.19. The second-order valence-electron chi connectivity index (χ2n) is 1.92. The molecule has 0 aromatic heterocycles. The Bertz CT molecular complexity index is 243. The summed E-state index contributed by atoms with van der Waals surface area (Å²) in [5.74, 6) is 0.820. The van der Waals surface area contributed by atoms with Gasteiger partial charge in [-0.1, -0.05) is 12.1 Å². The lowest BCUT2D eigenvalue weighted by Crippen LogP contribution is -1.81. The predicted molar refractivity (Wildman–Crippen MR) is 55.2 cm³/mol. The average molecular weight is 271 g/mol. The molecule has 0 saturated carbocycles. The van der Waals surface area contributed by atoms with E-state index < -0.39 is 5.33 Å². The summed E-state index contributed by atoms with van der Waals surface area (Å²) in [5.41, 5.74) is 0. The Balaban J connectivity index is 0.000000310. The van der Waals surface area contributed by atoms with Crippen LogP contribution in [0.1, 0.15) is 0 Å². The van der Waals surface area contributed by atoms with E-state index in [9.17, 15) is 8.78 Å². The molecule has 0 bridgehead atoms. The molecular formula is C8H9BrF2OS.